The van der Waals surface area contributed by atoms with Crippen LogP contribution in [0.4, 0.5) is 5.69 Å². The summed E-state index contributed by atoms with van der Waals surface area (Å²) in [6, 6.07) is 2.41. The van der Waals surface area contributed by atoms with Crippen molar-refractivity contribution in [2.45, 2.75) is 69.2 Å². The molecule has 0 saturated carbocycles. The number of amides is 1. The molecule has 1 aromatic rings. The minimum absolute atomic E-state index is 0.0580. The number of Topliss-reactive ketones (excluding diaryl/α,β-unsaturated/α-hetero) is 2. The number of aromatic hydroxyl groups is 1. The Morgan fingerprint density at radius 2 is 1.77 bits per heavy atom. The average molecular weight is 613 g/mol. The lowest BCUT2D eigenvalue weighted by molar-refractivity contribution is -0.162. The minimum Gasteiger partial charge on any atom is -0.510 e. The number of benzene rings is 1. The van der Waals surface area contributed by atoms with Crippen LogP contribution in [0.3, 0.4) is 0 Å². The number of piperidine rings is 1. The number of hydrogen-bond acceptors (Lipinski definition) is 11. The van der Waals surface area contributed by atoms with Gasteiger partial charge in [0.25, 0.3) is 5.91 Å². The lowest BCUT2D eigenvalue weighted by Gasteiger charge is -2.53. The Hall–Kier alpha value is -3.45. The van der Waals surface area contributed by atoms with Crippen molar-refractivity contribution >= 4 is 23.2 Å². The Kier molecular flexibility index (Phi) is 8.34. The van der Waals surface area contributed by atoms with Crippen LogP contribution in [0.15, 0.2) is 34.8 Å². The second kappa shape index (κ2) is 11.5. The molecule has 1 fully saturated rings. The highest BCUT2D eigenvalue weighted by Gasteiger charge is 2.67. The van der Waals surface area contributed by atoms with Crippen LogP contribution in [-0.4, -0.2) is 117 Å². The molecule has 6 atom stereocenters. The summed E-state index contributed by atoms with van der Waals surface area (Å²) in [7, 11) is 5.09. The first kappa shape index (κ1) is 32.0. The van der Waals surface area contributed by atoms with E-state index >= 15 is 0 Å². The number of carbonyl (C=O) groups excluding carboxylic acids is 3. The minimum atomic E-state index is -2.93. The molecule has 3 aliphatic carbocycles. The predicted octanol–water partition coefficient (Wildman–Crippen LogP) is 1.35. The third-order valence-electron chi connectivity index (χ3n) is 10.3. The van der Waals surface area contributed by atoms with Gasteiger partial charge >= 0.3 is 0 Å². The number of nitrogens with zero attached hydrogens (tertiary/aromatic N) is 3. The number of likely N-dealkylation sites (tertiary alicyclic amines) is 1. The van der Waals surface area contributed by atoms with Crippen LogP contribution in [0.25, 0.3) is 0 Å². The van der Waals surface area contributed by atoms with E-state index in [2.05, 4.69) is 23.8 Å². The number of phenols is 1. The highest BCUT2D eigenvalue weighted by atomic mass is 16.4. The van der Waals surface area contributed by atoms with E-state index in [1.165, 1.54) is 19.0 Å². The molecule has 7 N–H and O–H groups in total. The molecular formula is C32H44N4O8. The highest BCUT2D eigenvalue weighted by molar-refractivity contribution is 6.25. The van der Waals surface area contributed by atoms with Gasteiger partial charge in [0, 0.05) is 24.1 Å². The van der Waals surface area contributed by atoms with Crippen molar-refractivity contribution in [3.8, 4) is 5.75 Å². The van der Waals surface area contributed by atoms with Crippen molar-refractivity contribution in [1.29, 1.82) is 0 Å². The first-order valence-corrected chi connectivity index (χ1v) is 15.3. The summed E-state index contributed by atoms with van der Waals surface area (Å²) in [4.78, 5) is 46.0. The fourth-order valence-corrected chi connectivity index (χ4v) is 7.98. The SMILES string of the molecule is CCCCN(c1ccc2c(c1O)C(=O)C1=C(O)[C@@]3(O)C(=O)C(C(N)=O)=C(O)[C@H](N(C)C)[C@H]3[C@H](O)[C@H]1[C@@H]2C)C1CCN(C)CC1. The van der Waals surface area contributed by atoms with Crippen molar-refractivity contribution in [2.24, 2.45) is 17.6 Å². The molecule has 0 unspecified atom stereocenters. The summed E-state index contributed by atoms with van der Waals surface area (Å²) in [5, 5.41) is 58.1. The quantitative estimate of drug-likeness (QED) is 0.244. The van der Waals surface area contributed by atoms with Crippen LogP contribution >= 0.6 is 0 Å². The van der Waals surface area contributed by atoms with Crippen molar-refractivity contribution in [1.82, 2.24) is 9.80 Å². The average Bonchev–Trinajstić information content (AvgIpc) is 2.96. The van der Waals surface area contributed by atoms with Crippen LogP contribution in [0.5, 0.6) is 5.75 Å². The topological polar surface area (TPSA) is 188 Å². The first-order chi connectivity index (χ1) is 20.7. The number of likely N-dealkylation sites (N-methyl/N-ethyl adjacent to an activating group) is 1. The zero-order valence-corrected chi connectivity index (χ0v) is 25.9. The van der Waals surface area contributed by atoms with E-state index in [4.69, 9.17) is 5.73 Å². The summed E-state index contributed by atoms with van der Waals surface area (Å²) >= 11 is 0. The Morgan fingerprint density at radius 3 is 2.34 bits per heavy atom. The zero-order valence-electron chi connectivity index (χ0n) is 25.9. The van der Waals surface area contributed by atoms with Crippen LogP contribution in [-0.2, 0) is 9.59 Å². The molecule has 44 heavy (non-hydrogen) atoms. The fourth-order valence-electron chi connectivity index (χ4n) is 7.98. The number of anilines is 1. The largest absolute Gasteiger partial charge is 0.510 e. The van der Waals surface area contributed by atoms with Crippen LogP contribution in [0.1, 0.15) is 61.4 Å². The van der Waals surface area contributed by atoms with E-state index in [-0.39, 0.29) is 17.4 Å². The van der Waals surface area contributed by atoms with Gasteiger partial charge in [-0.15, -0.1) is 0 Å². The molecule has 12 heteroatoms. The van der Waals surface area contributed by atoms with Gasteiger partial charge in [-0.05, 0) is 71.0 Å². The maximum absolute atomic E-state index is 14.3. The molecule has 1 heterocycles. The number of carbonyl (C=O) groups is 3. The molecule has 5 rings (SSSR count). The second-order valence-electron chi connectivity index (χ2n) is 13.0. The molecule has 1 aromatic carbocycles. The molecule has 0 spiro atoms. The number of primary amides is 1. The van der Waals surface area contributed by atoms with Gasteiger partial charge in [-0.1, -0.05) is 26.3 Å². The van der Waals surface area contributed by atoms with E-state index in [1.807, 2.05) is 0 Å². The molecule has 1 aliphatic heterocycles. The highest BCUT2D eigenvalue weighted by Crippen LogP contribution is 2.56. The van der Waals surface area contributed by atoms with E-state index in [0.29, 0.717) is 17.8 Å². The number of hydrogen-bond donors (Lipinski definition) is 6. The van der Waals surface area contributed by atoms with E-state index in [1.54, 1.807) is 19.1 Å². The Labute approximate surface area is 257 Å². The number of rotatable bonds is 7. The lowest BCUT2D eigenvalue weighted by atomic mass is 9.55. The number of fused-ring (bicyclic) bond motifs is 3. The van der Waals surface area contributed by atoms with Gasteiger partial charge in [-0.25, -0.2) is 0 Å². The lowest BCUT2D eigenvalue weighted by Crippen LogP contribution is -2.68. The number of phenolic OH excluding ortho intramolecular Hbond substituents is 1. The third kappa shape index (κ3) is 4.53. The third-order valence-corrected chi connectivity index (χ3v) is 10.3. The second-order valence-corrected chi connectivity index (χ2v) is 13.0. The monoisotopic (exact) mass is 612 g/mol. The van der Waals surface area contributed by atoms with Gasteiger partial charge in [0.2, 0.25) is 5.78 Å². The number of nitrogens with two attached hydrogens (primary N) is 1. The number of ketones is 2. The van der Waals surface area contributed by atoms with Crippen molar-refractivity contribution < 1.29 is 39.9 Å². The molecule has 0 radical (unpaired) electrons. The molecule has 4 aliphatic rings. The van der Waals surface area contributed by atoms with E-state index in [9.17, 15) is 39.9 Å². The van der Waals surface area contributed by atoms with Crippen LogP contribution < -0.4 is 10.6 Å². The summed E-state index contributed by atoms with van der Waals surface area (Å²) in [5.41, 5.74) is 2.06. The molecule has 0 bridgehead atoms. The fraction of sp³-hybridized carbons (Fsp3) is 0.594. The Morgan fingerprint density at radius 1 is 1.14 bits per heavy atom. The van der Waals surface area contributed by atoms with Crippen molar-refractivity contribution in [3.63, 3.8) is 0 Å². The van der Waals surface area contributed by atoms with E-state index in [0.717, 1.165) is 38.8 Å². The van der Waals surface area contributed by atoms with Crippen molar-refractivity contribution in [2.75, 3.05) is 45.7 Å². The predicted molar refractivity (Wildman–Crippen MR) is 163 cm³/mol. The number of aliphatic hydroxyl groups is 4. The molecule has 1 amide bonds. The smallest absolute Gasteiger partial charge is 0.255 e. The van der Waals surface area contributed by atoms with Gasteiger partial charge in [-0.3, -0.25) is 19.3 Å². The normalized spacial score (nSPS) is 31.2. The van der Waals surface area contributed by atoms with Gasteiger partial charge < -0.3 is 41.1 Å². The van der Waals surface area contributed by atoms with Gasteiger partial charge in [0.05, 0.1) is 29.3 Å². The maximum atomic E-state index is 14.3. The number of aliphatic hydroxyl groups excluding tert-OH is 3. The summed E-state index contributed by atoms with van der Waals surface area (Å²) in [6.07, 6.45) is 1.96. The van der Waals surface area contributed by atoms with Crippen molar-refractivity contribution in [3.05, 3.63) is 45.9 Å². The maximum Gasteiger partial charge on any atom is 0.255 e. The molecule has 0 aromatic heterocycles. The summed E-state index contributed by atoms with van der Waals surface area (Å²) < 4.78 is 0. The molecular weight excluding hydrogens is 568 g/mol. The summed E-state index contributed by atoms with van der Waals surface area (Å²) in [5.74, 6) is -8.81. The van der Waals surface area contributed by atoms with Gasteiger partial charge in [0.1, 0.15) is 22.8 Å². The van der Waals surface area contributed by atoms with Gasteiger partial charge in [0.15, 0.2) is 11.4 Å². The van der Waals surface area contributed by atoms with E-state index < -0.39 is 75.6 Å². The zero-order chi connectivity index (χ0) is 32.4. The molecule has 1 saturated heterocycles. The standard InChI is InChI=1S/C32H44N4O8/c1-6-7-12-36(16-10-13-35(5)14-11-16)18-9-8-17-15(2)19-21(26(38)20(17)25(18)37)29(41)32(44)23(27(19)39)24(34(3)4)28(40)22(30(32)42)31(33)43/h8-9,15-16,19,23-24,27,37,39-41,44H,6-7,10-14H2,1-5H3,(H2,33,43)/t15-,19+,23+,24-,27-,32-/m1/s1. The Balaban J connectivity index is 1.68. The van der Waals surface area contributed by atoms with Crippen LogP contribution in [0, 0.1) is 11.8 Å². The Bertz CT molecular complexity index is 1450. The molecule has 240 valence electrons. The number of unbranched alkanes of at least 4 members (excludes halogenated alkanes) is 1. The van der Waals surface area contributed by atoms with Crippen LogP contribution in [0.2, 0.25) is 0 Å². The summed E-state index contributed by atoms with van der Waals surface area (Å²) in [6.45, 7) is 6.28. The first-order valence-electron chi connectivity index (χ1n) is 15.3. The van der Waals surface area contributed by atoms with Gasteiger partial charge in [-0.2, -0.15) is 0 Å². The molecule has 12 nitrogen and oxygen atoms in total.